The van der Waals surface area contributed by atoms with E-state index >= 15 is 0 Å². The largest absolute Gasteiger partial charge is 0.381 e. The van der Waals surface area contributed by atoms with Gasteiger partial charge in [0.2, 0.25) is 10.0 Å². The van der Waals surface area contributed by atoms with Crippen LogP contribution in [0.3, 0.4) is 0 Å². The molecule has 1 aliphatic heterocycles. The van der Waals surface area contributed by atoms with Crippen LogP contribution in [0.25, 0.3) is 0 Å². The Morgan fingerprint density at radius 1 is 1.52 bits per heavy atom. The molecule has 21 heavy (non-hydrogen) atoms. The number of hydrogen-bond acceptors (Lipinski definition) is 6. The number of rotatable bonds is 5. The summed E-state index contributed by atoms with van der Waals surface area (Å²) < 4.78 is 51.6. The van der Waals surface area contributed by atoms with E-state index in [1.54, 1.807) is 0 Å². The number of nitrogens with two attached hydrogens (primary N) is 1. The van der Waals surface area contributed by atoms with Crippen LogP contribution in [0, 0.1) is 0 Å². The van der Waals surface area contributed by atoms with Crippen LogP contribution in [-0.2, 0) is 26.4 Å². The number of nitrogen functional groups attached to an aromatic ring is 1. The minimum Gasteiger partial charge on any atom is -0.381 e. The number of sulfone groups is 1. The van der Waals surface area contributed by atoms with E-state index in [2.05, 4.69) is 9.82 Å². The number of nitrogens with zero attached hydrogens (tertiary/aromatic N) is 2. The monoisotopic (exact) mass is 336 g/mol. The van der Waals surface area contributed by atoms with Crippen molar-refractivity contribution in [2.45, 2.75) is 43.7 Å². The third kappa shape index (κ3) is 3.95. The second-order valence-corrected chi connectivity index (χ2v) is 9.13. The molecule has 1 fully saturated rings. The third-order valence-corrected chi connectivity index (χ3v) is 6.64. The molecular weight excluding hydrogens is 316 g/mol. The summed E-state index contributed by atoms with van der Waals surface area (Å²) in [6.07, 6.45) is 3.13. The van der Waals surface area contributed by atoms with Crippen LogP contribution < -0.4 is 10.5 Å². The van der Waals surface area contributed by atoms with Crippen LogP contribution in [0.1, 0.15) is 26.2 Å². The Bertz CT molecular complexity index is 709. The van der Waals surface area contributed by atoms with Gasteiger partial charge in [-0.15, -0.1) is 0 Å². The Morgan fingerprint density at radius 2 is 2.24 bits per heavy atom. The molecule has 1 atom stereocenters. The fourth-order valence-electron chi connectivity index (χ4n) is 2.37. The van der Waals surface area contributed by atoms with Crippen molar-refractivity contribution in [1.82, 2.24) is 14.5 Å². The molecule has 1 aliphatic rings. The first-order chi connectivity index (χ1) is 9.73. The van der Waals surface area contributed by atoms with Crippen molar-refractivity contribution < 1.29 is 16.8 Å². The number of aromatic nitrogens is 2. The highest BCUT2D eigenvalue weighted by Gasteiger charge is 2.30. The zero-order valence-corrected chi connectivity index (χ0v) is 13.5. The Labute approximate surface area is 124 Å². The summed E-state index contributed by atoms with van der Waals surface area (Å²) in [5.41, 5.74) is 5.65. The fourth-order valence-corrected chi connectivity index (χ4v) is 5.45. The molecular formula is C11H20N4O4S2. The first-order valence-electron chi connectivity index (χ1n) is 6.79. The van der Waals surface area contributed by atoms with Crippen molar-refractivity contribution in [3.8, 4) is 0 Å². The molecule has 0 spiro atoms. The lowest BCUT2D eigenvalue weighted by Crippen LogP contribution is -2.43. The summed E-state index contributed by atoms with van der Waals surface area (Å²) in [6, 6.07) is -0.609. The van der Waals surface area contributed by atoms with Gasteiger partial charge in [-0.25, -0.2) is 21.6 Å². The second-order valence-electron chi connectivity index (χ2n) is 5.22. The maximum absolute atomic E-state index is 12.3. The van der Waals surface area contributed by atoms with E-state index in [0.717, 1.165) is 6.42 Å². The first kappa shape index (κ1) is 16.2. The second kappa shape index (κ2) is 5.93. The van der Waals surface area contributed by atoms with Gasteiger partial charge < -0.3 is 5.73 Å². The molecule has 0 aromatic carbocycles. The highest BCUT2D eigenvalue weighted by atomic mass is 32.2. The van der Waals surface area contributed by atoms with E-state index in [9.17, 15) is 16.8 Å². The van der Waals surface area contributed by atoms with Crippen LogP contribution in [0.15, 0.2) is 11.1 Å². The van der Waals surface area contributed by atoms with Gasteiger partial charge in [-0.2, -0.15) is 5.10 Å². The summed E-state index contributed by atoms with van der Waals surface area (Å²) in [4.78, 5) is -0.0982. The lowest BCUT2D eigenvalue weighted by molar-refractivity contribution is 0.517. The molecule has 1 aromatic rings. The molecule has 2 rings (SSSR count). The molecule has 1 saturated heterocycles. The minimum atomic E-state index is -3.86. The fraction of sp³-hybridized carbons (Fsp3) is 0.727. The Balaban J connectivity index is 2.18. The van der Waals surface area contributed by atoms with E-state index in [4.69, 9.17) is 5.73 Å². The molecule has 0 radical (unpaired) electrons. The lowest BCUT2D eigenvalue weighted by atomic mass is 10.2. The van der Waals surface area contributed by atoms with E-state index in [-0.39, 0.29) is 22.2 Å². The highest BCUT2D eigenvalue weighted by molar-refractivity contribution is 7.91. The van der Waals surface area contributed by atoms with Crippen molar-refractivity contribution >= 4 is 25.7 Å². The molecule has 10 heteroatoms. The molecule has 1 aromatic heterocycles. The van der Waals surface area contributed by atoms with Gasteiger partial charge in [0.15, 0.2) is 15.7 Å². The van der Waals surface area contributed by atoms with Crippen LogP contribution in [0.5, 0.6) is 0 Å². The molecule has 0 amide bonds. The SMILES string of the molecule is CCCn1cc(S(=O)(=O)NC2CCCS(=O)(=O)C2)c(N)n1. The molecule has 0 saturated carbocycles. The van der Waals surface area contributed by atoms with Crippen molar-refractivity contribution in [1.29, 1.82) is 0 Å². The number of sulfonamides is 1. The minimum absolute atomic E-state index is 0.0744. The lowest BCUT2D eigenvalue weighted by Gasteiger charge is -2.22. The number of hydrogen-bond donors (Lipinski definition) is 2. The van der Waals surface area contributed by atoms with Crippen LogP contribution in [0.4, 0.5) is 5.82 Å². The van der Waals surface area contributed by atoms with Gasteiger partial charge in [-0.3, -0.25) is 4.68 Å². The predicted molar refractivity (Wildman–Crippen MR) is 78.9 cm³/mol. The van der Waals surface area contributed by atoms with Gasteiger partial charge in [0.05, 0.1) is 11.5 Å². The molecule has 0 bridgehead atoms. The van der Waals surface area contributed by atoms with Crippen molar-refractivity contribution in [3.05, 3.63) is 6.20 Å². The summed E-state index contributed by atoms with van der Waals surface area (Å²) in [5, 5.41) is 3.95. The molecule has 8 nitrogen and oxygen atoms in total. The quantitative estimate of drug-likeness (QED) is 0.763. The Kier molecular flexibility index (Phi) is 4.59. The first-order valence-corrected chi connectivity index (χ1v) is 10.1. The van der Waals surface area contributed by atoms with Gasteiger partial charge in [0.1, 0.15) is 4.90 Å². The smallest absolute Gasteiger partial charge is 0.246 e. The van der Waals surface area contributed by atoms with Gasteiger partial charge >= 0.3 is 0 Å². The topological polar surface area (TPSA) is 124 Å². The van der Waals surface area contributed by atoms with E-state index < -0.39 is 25.9 Å². The van der Waals surface area contributed by atoms with Crippen molar-refractivity contribution in [2.75, 3.05) is 17.2 Å². The maximum Gasteiger partial charge on any atom is 0.246 e. The Hall–Kier alpha value is -1.13. The van der Waals surface area contributed by atoms with Gasteiger partial charge in [0.25, 0.3) is 0 Å². The number of nitrogens with one attached hydrogen (secondary N) is 1. The standard InChI is InChI=1S/C11H20N4O4S2/c1-2-5-15-7-10(11(12)13-15)21(18,19)14-9-4-3-6-20(16,17)8-9/h7,9,14H,2-6,8H2,1H3,(H2,12,13). The molecule has 2 heterocycles. The number of aryl methyl sites for hydroxylation is 1. The Morgan fingerprint density at radius 3 is 2.86 bits per heavy atom. The predicted octanol–water partition coefficient (Wildman–Crippen LogP) is -0.269. The number of anilines is 1. The highest BCUT2D eigenvalue weighted by Crippen LogP contribution is 2.19. The summed E-state index contributed by atoms with van der Waals surface area (Å²) >= 11 is 0. The average Bonchev–Trinajstić information content (AvgIpc) is 2.69. The third-order valence-electron chi connectivity index (χ3n) is 3.28. The van der Waals surface area contributed by atoms with E-state index in [1.807, 2.05) is 6.92 Å². The zero-order valence-electron chi connectivity index (χ0n) is 11.8. The molecule has 0 aliphatic carbocycles. The van der Waals surface area contributed by atoms with E-state index in [1.165, 1.54) is 10.9 Å². The zero-order chi connectivity index (χ0) is 15.7. The van der Waals surface area contributed by atoms with Crippen molar-refractivity contribution in [2.24, 2.45) is 0 Å². The molecule has 1 unspecified atom stereocenters. The summed E-state index contributed by atoms with van der Waals surface area (Å²) in [5.74, 6) is -0.133. The summed E-state index contributed by atoms with van der Waals surface area (Å²) in [7, 11) is -7.04. The van der Waals surface area contributed by atoms with Gasteiger partial charge in [0, 0.05) is 18.8 Å². The van der Waals surface area contributed by atoms with Crippen molar-refractivity contribution in [3.63, 3.8) is 0 Å². The van der Waals surface area contributed by atoms with Crippen LogP contribution >= 0.6 is 0 Å². The van der Waals surface area contributed by atoms with Crippen LogP contribution in [-0.4, -0.2) is 44.2 Å². The van der Waals surface area contributed by atoms with Gasteiger partial charge in [-0.1, -0.05) is 6.92 Å². The normalized spacial score (nSPS) is 22.2. The molecule has 3 N–H and O–H groups in total. The maximum atomic E-state index is 12.3. The van der Waals surface area contributed by atoms with E-state index in [0.29, 0.717) is 19.4 Å². The van der Waals surface area contributed by atoms with Gasteiger partial charge in [-0.05, 0) is 19.3 Å². The average molecular weight is 336 g/mol. The molecule has 120 valence electrons. The van der Waals surface area contributed by atoms with Crippen LogP contribution in [0.2, 0.25) is 0 Å². The summed E-state index contributed by atoms with van der Waals surface area (Å²) in [6.45, 7) is 2.51.